The number of carboxylic acid groups (broad SMARTS) is 1. The zero-order chi connectivity index (χ0) is 11.0. The van der Waals surface area contributed by atoms with Crippen LogP contribution >= 0.6 is 15.9 Å². The van der Waals surface area contributed by atoms with Crippen molar-refractivity contribution in [1.82, 2.24) is 0 Å². The van der Waals surface area contributed by atoms with Gasteiger partial charge in [0.1, 0.15) is 0 Å². The Labute approximate surface area is 93.8 Å². The summed E-state index contributed by atoms with van der Waals surface area (Å²) >= 11 is 3.25. The topological polar surface area (TPSA) is 66.7 Å². The van der Waals surface area contributed by atoms with Gasteiger partial charge in [-0.25, -0.2) is 9.79 Å². The SMILES string of the molecule is O=C(O)C1=CC(=O)C2C=C(Br)C=CC2=N1. The molecule has 1 aliphatic carbocycles. The van der Waals surface area contributed by atoms with Gasteiger partial charge in [0.15, 0.2) is 11.5 Å². The average molecular weight is 268 g/mol. The summed E-state index contributed by atoms with van der Waals surface area (Å²) in [5.41, 5.74) is 0.269. The Morgan fingerprint density at radius 2 is 2.20 bits per heavy atom. The molecule has 0 spiro atoms. The summed E-state index contributed by atoms with van der Waals surface area (Å²) in [4.78, 5) is 26.1. The second-order valence-corrected chi connectivity index (χ2v) is 4.05. The third-order valence-electron chi connectivity index (χ3n) is 2.11. The fourth-order valence-electron chi connectivity index (χ4n) is 1.41. The first-order valence-electron chi connectivity index (χ1n) is 4.21. The fourth-order valence-corrected chi connectivity index (χ4v) is 1.81. The molecule has 0 saturated heterocycles. The Morgan fingerprint density at radius 1 is 1.47 bits per heavy atom. The van der Waals surface area contributed by atoms with Crippen LogP contribution in [0, 0.1) is 5.92 Å². The van der Waals surface area contributed by atoms with E-state index in [2.05, 4.69) is 20.9 Å². The van der Waals surface area contributed by atoms with Gasteiger partial charge in [-0.15, -0.1) is 0 Å². The summed E-state index contributed by atoms with van der Waals surface area (Å²) in [5, 5.41) is 8.72. The van der Waals surface area contributed by atoms with Crippen molar-refractivity contribution in [2.75, 3.05) is 0 Å². The second-order valence-electron chi connectivity index (χ2n) is 3.14. The number of halogens is 1. The molecule has 1 N–H and O–H groups in total. The second kappa shape index (κ2) is 3.58. The molecule has 1 heterocycles. The Bertz CT molecular complexity index is 471. The van der Waals surface area contributed by atoms with E-state index in [1.807, 2.05) is 0 Å². The van der Waals surface area contributed by atoms with Crippen molar-refractivity contribution in [1.29, 1.82) is 0 Å². The molecule has 0 radical (unpaired) electrons. The van der Waals surface area contributed by atoms with Gasteiger partial charge in [-0.05, 0) is 12.2 Å². The molecule has 0 saturated carbocycles. The van der Waals surface area contributed by atoms with Crippen LogP contribution < -0.4 is 0 Å². The molecule has 0 aromatic heterocycles. The monoisotopic (exact) mass is 267 g/mol. The van der Waals surface area contributed by atoms with Gasteiger partial charge in [-0.2, -0.15) is 0 Å². The van der Waals surface area contributed by atoms with Crippen LogP contribution in [-0.4, -0.2) is 22.6 Å². The van der Waals surface area contributed by atoms with Crippen LogP contribution in [0.2, 0.25) is 0 Å². The van der Waals surface area contributed by atoms with Crippen molar-refractivity contribution >= 4 is 33.4 Å². The predicted octanol–water partition coefficient (Wildman–Crippen LogP) is 1.44. The van der Waals surface area contributed by atoms with Crippen LogP contribution in [0.15, 0.2) is 39.5 Å². The van der Waals surface area contributed by atoms with Gasteiger partial charge in [0.05, 0.1) is 11.6 Å². The van der Waals surface area contributed by atoms with Gasteiger partial charge in [0.25, 0.3) is 0 Å². The Morgan fingerprint density at radius 3 is 2.87 bits per heavy atom. The first-order chi connectivity index (χ1) is 7.08. The number of carboxylic acids is 1. The molecule has 0 aromatic carbocycles. The number of carbonyl (C=O) groups excluding carboxylic acids is 1. The molecule has 0 amide bonds. The molecular formula is C10H6BrNO3. The number of hydrogen-bond acceptors (Lipinski definition) is 3. The van der Waals surface area contributed by atoms with Gasteiger partial charge in [0, 0.05) is 10.6 Å². The van der Waals surface area contributed by atoms with Gasteiger partial charge < -0.3 is 5.11 Å². The summed E-state index contributed by atoms with van der Waals surface area (Å²) in [6.07, 6.45) is 6.14. The molecule has 0 aromatic rings. The minimum atomic E-state index is -1.18. The quantitative estimate of drug-likeness (QED) is 0.782. The van der Waals surface area contributed by atoms with E-state index in [1.165, 1.54) is 0 Å². The molecule has 2 rings (SSSR count). The van der Waals surface area contributed by atoms with E-state index in [0.29, 0.717) is 5.71 Å². The van der Waals surface area contributed by atoms with Crippen molar-refractivity contribution in [3.05, 3.63) is 34.5 Å². The summed E-state index contributed by atoms with van der Waals surface area (Å²) in [7, 11) is 0. The first kappa shape index (κ1) is 10.0. The lowest BCUT2D eigenvalue weighted by molar-refractivity contribution is -0.133. The highest BCUT2D eigenvalue weighted by molar-refractivity contribution is 9.11. The van der Waals surface area contributed by atoms with Crippen LogP contribution in [-0.2, 0) is 9.59 Å². The molecule has 76 valence electrons. The first-order valence-corrected chi connectivity index (χ1v) is 5.00. The Hall–Kier alpha value is -1.49. The summed E-state index contributed by atoms with van der Waals surface area (Å²) < 4.78 is 0.798. The van der Waals surface area contributed by atoms with Crippen molar-refractivity contribution in [2.45, 2.75) is 0 Å². The number of hydrogen-bond donors (Lipinski definition) is 1. The van der Waals surface area contributed by atoms with Crippen molar-refractivity contribution in [3.63, 3.8) is 0 Å². The lowest BCUT2D eigenvalue weighted by Crippen LogP contribution is -2.26. The van der Waals surface area contributed by atoms with Crippen LogP contribution in [0.25, 0.3) is 0 Å². The molecule has 0 fully saturated rings. The van der Waals surface area contributed by atoms with Crippen molar-refractivity contribution in [3.8, 4) is 0 Å². The zero-order valence-electron chi connectivity index (χ0n) is 7.48. The Balaban J connectivity index is 2.43. The molecule has 1 aliphatic heterocycles. The minimum Gasteiger partial charge on any atom is -0.477 e. The minimum absolute atomic E-state index is 0.206. The normalized spacial score (nSPS) is 23.9. The van der Waals surface area contributed by atoms with Crippen LogP contribution in [0.1, 0.15) is 0 Å². The molecule has 2 aliphatic rings. The molecule has 1 atom stereocenters. The van der Waals surface area contributed by atoms with Crippen molar-refractivity contribution < 1.29 is 14.7 Å². The van der Waals surface area contributed by atoms with Crippen LogP contribution in [0.5, 0.6) is 0 Å². The summed E-state index contributed by atoms with van der Waals surface area (Å²) in [6, 6.07) is 0. The van der Waals surface area contributed by atoms with Gasteiger partial charge in [-0.1, -0.05) is 22.0 Å². The molecule has 15 heavy (non-hydrogen) atoms. The lowest BCUT2D eigenvalue weighted by Gasteiger charge is -2.18. The van der Waals surface area contributed by atoms with Gasteiger partial charge in [-0.3, -0.25) is 4.79 Å². The summed E-state index contributed by atoms with van der Waals surface area (Å²) in [5.74, 6) is -1.89. The smallest absolute Gasteiger partial charge is 0.354 e. The molecular weight excluding hydrogens is 262 g/mol. The third-order valence-corrected chi connectivity index (χ3v) is 2.64. The number of aliphatic carboxylic acids is 1. The molecule has 4 nitrogen and oxygen atoms in total. The number of allylic oxidation sites excluding steroid dienone is 5. The lowest BCUT2D eigenvalue weighted by atomic mass is 9.91. The van der Waals surface area contributed by atoms with Crippen LogP contribution in [0.3, 0.4) is 0 Å². The highest BCUT2D eigenvalue weighted by Gasteiger charge is 2.27. The molecule has 5 heteroatoms. The number of fused-ring (bicyclic) bond motifs is 1. The van der Waals surface area contributed by atoms with E-state index in [1.54, 1.807) is 18.2 Å². The molecule has 0 bridgehead atoms. The third kappa shape index (κ3) is 1.83. The zero-order valence-corrected chi connectivity index (χ0v) is 9.06. The Kier molecular flexibility index (Phi) is 2.40. The maximum absolute atomic E-state index is 11.6. The average Bonchev–Trinajstić information content (AvgIpc) is 2.18. The number of rotatable bonds is 1. The maximum Gasteiger partial charge on any atom is 0.354 e. The number of carbonyl (C=O) groups is 2. The number of nitrogens with zero attached hydrogens (tertiary/aromatic N) is 1. The van der Waals surface area contributed by atoms with E-state index in [4.69, 9.17) is 5.11 Å². The molecule has 1 unspecified atom stereocenters. The standard InChI is InChI=1S/C10H6BrNO3/c11-5-1-2-7-6(3-5)9(13)4-8(12-7)10(14)15/h1-4,6H,(H,14,15). The van der Waals surface area contributed by atoms with E-state index in [9.17, 15) is 9.59 Å². The van der Waals surface area contributed by atoms with E-state index in [-0.39, 0.29) is 11.5 Å². The van der Waals surface area contributed by atoms with E-state index < -0.39 is 11.9 Å². The predicted molar refractivity (Wildman–Crippen MR) is 57.8 cm³/mol. The van der Waals surface area contributed by atoms with E-state index >= 15 is 0 Å². The van der Waals surface area contributed by atoms with Gasteiger partial charge >= 0.3 is 5.97 Å². The number of ketones is 1. The summed E-state index contributed by atoms with van der Waals surface area (Å²) in [6.45, 7) is 0. The van der Waals surface area contributed by atoms with Crippen LogP contribution in [0.4, 0.5) is 0 Å². The number of aliphatic imine (C=N–C) groups is 1. The maximum atomic E-state index is 11.6. The van der Waals surface area contributed by atoms with Crippen molar-refractivity contribution in [2.24, 2.45) is 10.9 Å². The van der Waals surface area contributed by atoms with Gasteiger partial charge in [0.2, 0.25) is 0 Å². The fraction of sp³-hybridized carbons (Fsp3) is 0.100. The highest BCUT2D eigenvalue weighted by atomic mass is 79.9. The highest BCUT2D eigenvalue weighted by Crippen LogP contribution is 2.24. The largest absolute Gasteiger partial charge is 0.477 e. The van der Waals surface area contributed by atoms with E-state index in [0.717, 1.165) is 10.6 Å².